The molecule has 2 aliphatic heterocycles. The summed E-state index contributed by atoms with van der Waals surface area (Å²) in [5.74, 6) is 1.66. The topological polar surface area (TPSA) is 76.4 Å². The van der Waals surface area contributed by atoms with Crippen LogP contribution in [-0.4, -0.2) is 69.9 Å². The predicted molar refractivity (Wildman–Crippen MR) is 107 cm³/mol. The van der Waals surface area contributed by atoms with E-state index in [4.69, 9.17) is 4.74 Å². The van der Waals surface area contributed by atoms with Crippen LogP contribution in [0.1, 0.15) is 38.5 Å². The lowest BCUT2D eigenvalue weighted by Gasteiger charge is -2.41. The maximum Gasteiger partial charge on any atom is 0.248 e. The number of rotatable bonds is 4. The van der Waals surface area contributed by atoms with Crippen LogP contribution in [-0.2, 0) is 16.6 Å². The number of piperidine rings is 1. The number of likely N-dealkylation sites (tertiary alicyclic amines) is 1. The van der Waals surface area contributed by atoms with Gasteiger partial charge in [-0.2, -0.15) is 5.10 Å². The van der Waals surface area contributed by atoms with E-state index in [9.17, 15) is 4.79 Å². The molecular formula is C20H30N6O2. The van der Waals surface area contributed by atoms with E-state index in [2.05, 4.69) is 24.9 Å². The third-order valence-corrected chi connectivity index (χ3v) is 6.28. The molecule has 4 heterocycles. The van der Waals surface area contributed by atoms with E-state index in [0.29, 0.717) is 12.0 Å². The molecule has 1 amide bonds. The summed E-state index contributed by atoms with van der Waals surface area (Å²) in [7, 11) is 3.51. The van der Waals surface area contributed by atoms with Gasteiger partial charge in [0.25, 0.3) is 0 Å². The minimum Gasteiger partial charge on any atom is -0.375 e. The van der Waals surface area contributed by atoms with Crippen molar-refractivity contribution in [3.05, 3.63) is 12.5 Å². The van der Waals surface area contributed by atoms with E-state index in [1.807, 2.05) is 13.2 Å². The summed E-state index contributed by atoms with van der Waals surface area (Å²) in [4.78, 5) is 26.0. The highest BCUT2D eigenvalue weighted by Crippen LogP contribution is 2.33. The lowest BCUT2D eigenvalue weighted by atomic mass is 9.86. The average Bonchev–Trinajstić information content (AvgIpc) is 2.94. The number of amides is 1. The Kier molecular flexibility index (Phi) is 5.75. The Morgan fingerprint density at radius 3 is 2.75 bits per heavy atom. The van der Waals surface area contributed by atoms with Gasteiger partial charge >= 0.3 is 0 Å². The first-order chi connectivity index (χ1) is 13.7. The van der Waals surface area contributed by atoms with Gasteiger partial charge in [0.15, 0.2) is 5.65 Å². The largest absolute Gasteiger partial charge is 0.375 e. The molecule has 2 aromatic heterocycles. The minimum atomic E-state index is 0.143. The van der Waals surface area contributed by atoms with Crippen LogP contribution in [0.25, 0.3) is 11.0 Å². The van der Waals surface area contributed by atoms with Gasteiger partial charge in [0.1, 0.15) is 18.8 Å². The molecule has 0 aromatic carbocycles. The van der Waals surface area contributed by atoms with Crippen LogP contribution in [0.4, 0.5) is 5.82 Å². The van der Waals surface area contributed by atoms with Crippen LogP contribution >= 0.6 is 0 Å². The lowest BCUT2D eigenvalue weighted by molar-refractivity contribution is -0.138. The molecule has 2 aromatic rings. The first-order valence-electron chi connectivity index (χ1n) is 10.3. The van der Waals surface area contributed by atoms with E-state index in [0.717, 1.165) is 62.2 Å². The summed E-state index contributed by atoms with van der Waals surface area (Å²) in [5, 5.41) is 5.34. The fourth-order valence-corrected chi connectivity index (χ4v) is 4.84. The van der Waals surface area contributed by atoms with E-state index < -0.39 is 0 Å². The van der Waals surface area contributed by atoms with Crippen molar-refractivity contribution in [2.75, 3.05) is 38.3 Å². The number of fused-ring (bicyclic) bond motifs is 1. The molecule has 8 nitrogen and oxygen atoms in total. The van der Waals surface area contributed by atoms with Gasteiger partial charge in [-0.05, 0) is 31.6 Å². The number of nitrogens with zero attached hydrogens (tertiary/aromatic N) is 6. The average molecular weight is 387 g/mol. The van der Waals surface area contributed by atoms with Crippen LogP contribution in [0.5, 0.6) is 0 Å². The second-order valence-corrected chi connectivity index (χ2v) is 7.96. The third-order valence-electron chi connectivity index (χ3n) is 6.28. The summed E-state index contributed by atoms with van der Waals surface area (Å²) >= 11 is 0. The molecule has 0 saturated carbocycles. The smallest absolute Gasteiger partial charge is 0.248 e. The SMILES string of the molecule is COCC(=O)N1CCCCC[C@H]1C1CCN(c2ncnc3c2cnn3C)CC1. The van der Waals surface area contributed by atoms with Crippen LogP contribution < -0.4 is 4.90 Å². The Hall–Kier alpha value is -2.22. The van der Waals surface area contributed by atoms with Crippen LogP contribution in [0.3, 0.4) is 0 Å². The number of methoxy groups -OCH3 is 1. The number of aryl methyl sites for hydroxylation is 1. The van der Waals surface area contributed by atoms with Crippen molar-refractivity contribution >= 4 is 22.8 Å². The Morgan fingerprint density at radius 1 is 1.14 bits per heavy atom. The fraction of sp³-hybridized carbons (Fsp3) is 0.700. The summed E-state index contributed by atoms with van der Waals surface area (Å²) in [6.45, 7) is 2.97. The van der Waals surface area contributed by atoms with E-state index in [-0.39, 0.29) is 12.5 Å². The molecule has 2 saturated heterocycles. The standard InChI is InChI=1S/C20H30N6O2/c1-24-19-16(12-23-24)20(22-14-21-19)25-10-7-15(8-11-25)17-6-4-3-5-9-26(17)18(27)13-28-2/h12,14-15,17H,3-11,13H2,1-2H3/t17-/m0/s1. The van der Waals surface area contributed by atoms with Crippen molar-refractivity contribution in [3.8, 4) is 0 Å². The maximum absolute atomic E-state index is 12.6. The highest BCUT2D eigenvalue weighted by atomic mass is 16.5. The highest BCUT2D eigenvalue weighted by molar-refractivity contribution is 5.86. The number of hydrogen-bond acceptors (Lipinski definition) is 6. The van der Waals surface area contributed by atoms with Gasteiger partial charge in [0.2, 0.25) is 5.91 Å². The molecule has 2 aliphatic rings. The zero-order valence-electron chi connectivity index (χ0n) is 16.9. The second kappa shape index (κ2) is 8.43. The Labute approximate surface area is 165 Å². The molecule has 1 atom stereocenters. The summed E-state index contributed by atoms with van der Waals surface area (Å²) in [5.41, 5.74) is 0.868. The summed E-state index contributed by atoms with van der Waals surface area (Å²) in [6, 6.07) is 0.344. The molecule has 28 heavy (non-hydrogen) atoms. The van der Waals surface area contributed by atoms with Gasteiger partial charge in [-0.3, -0.25) is 9.48 Å². The van der Waals surface area contributed by atoms with Gasteiger partial charge in [-0.15, -0.1) is 0 Å². The van der Waals surface area contributed by atoms with Crippen molar-refractivity contribution in [1.82, 2.24) is 24.6 Å². The Balaban J connectivity index is 1.47. The van der Waals surface area contributed by atoms with Gasteiger partial charge in [-0.1, -0.05) is 12.8 Å². The number of carbonyl (C=O) groups is 1. The zero-order valence-corrected chi connectivity index (χ0v) is 16.9. The maximum atomic E-state index is 12.6. The third kappa shape index (κ3) is 3.70. The lowest BCUT2D eigenvalue weighted by Crippen LogP contribution is -2.49. The van der Waals surface area contributed by atoms with E-state index in [1.54, 1.807) is 18.1 Å². The monoisotopic (exact) mass is 386 g/mol. The molecule has 2 fully saturated rings. The van der Waals surface area contributed by atoms with Crippen LogP contribution in [0.2, 0.25) is 0 Å². The van der Waals surface area contributed by atoms with Crippen LogP contribution in [0.15, 0.2) is 12.5 Å². The van der Waals surface area contributed by atoms with Crippen LogP contribution in [0, 0.1) is 5.92 Å². The molecule has 0 N–H and O–H groups in total. The van der Waals surface area contributed by atoms with Gasteiger partial charge in [0, 0.05) is 39.8 Å². The number of carbonyl (C=O) groups excluding carboxylic acids is 1. The summed E-state index contributed by atoms with van der Waals surface area (Å²) in [6.07, 6.45) is 10.3. The van der Waals surface area contributed by atoms with Crippen molar-refractivity contribution in [3.63, 3.8) is 0 Å². The van der Waals surface area contributed by atoms with E-state index >= 15 is 0 Å². The number of anilines is 1. The number of ether oxygens (including phenoxy) is 1. The van der Waals surface area contributed by atoms with Crippen molar-refractivity contribution in [2.24, 2.45) is 13.0 Å². The molecule has 0 unspecified atom stereocenters. The Bertz CT molecular complexity index is 814. The van der Waals surface area contributed by atoms with E-state index in [1.165, 1.54) is 12.8 Å². The molecule has 0 radical (unpaired) electrons. The summed E-state index contributed by atoms with van der Waals surface area (Å²) < 4.78 is 6.92. The van der Waals surface area contributed by atoms with Crippen molar-refractivity contribution in [1.29, 1.82) is 0 Å². The molecule has 0 spiro atoms. The van der Waals surface area contributed by atoms with Gasteiger partial charge in [0.05, 0.1) is 11.6 Å². The van der Waals surface area contributed by atoms with Gasteiger partial charge in [-0.25, -0.2) is 9.97 Å². The number of aromatic nitrogens is 4. The molecule has 4 rings (SSSR count). The number of hydrogen-bond donors (Lipinski definition) is 0. The van der Waals surface area contributed by atoms with Crippen molar-refractivity contribution < 1.29 is 9.53 Å². The molecular weight excluding hydrogens is 356 g/mol. The quantitative estimate of drug-likeness (QED) is 0.800. The predicted octanol–water partition coefficient (Wildman–Crippen LogP) is 2.00. The first kappa shape index (κ1) is 19.1. The molecule has 0 aliphatic carbocycles. The molecule has 0 bridgehead atoms. The molecule has 8 heteroatoms. The second-order valence-electron chi connectivity index (χ2n) is 7.96. The normalized spacial score (nSPS) is 21.9. The zero-order chi connectivity index (χ0) is 19.5. The Morgan fingerprint density at radius 2 is 1.96 bits per heavy atom. The van der Waals surface area contributed by atoms with Crippen molar-refractivity contribution in [2.45, 2.75) is 44.6 Å². The fourth-order valence-electron chi connectivity index (χ4n) is 4.84. The minimum absolute atomic E-state index is 0.143. The van der Waals surface area contributed by atoms with Gasteiger partial charge < -0.3 is 14.5 Å². The highest BCUT2D eigenvalue weighted by Gasteiger charge is 2.34. The first-order valence-corrected chi connectivity index (χ1v) is 10.3. The molecule has 152 valence electrons.